The van der Waals surface area contributed by atoms with Gasteiger partial charge in [-0.2, -0.15) is 4.37 Å². The zero-order valence-corrected chi connectivity index (χ0v) is 22.5. The summed E-state index contributed by atoms with van der Waals surface area (Å²) in [4.78, 5) is 41.1. The van der Waals surface area contributed by atoms with Crippen LogP contribution in [0.5, 0.6) is 11.5 Å². The van der Waals surface area contributed by atoms with Crippen LogP contribution in [0.15, 0.2) is 48.5 Å². The molecule has 2 atom stereocenters. The van der Waals surface area contributed by atoms with Crippen LogP contribution in [0.4, 0.5) is 11.4 Å². The second-order valence-electron chi connectivity index (χ2n) is 8.80. The number of hydrogen-bond acceptors (Lipinski definition) is 9. The zero-order valence-electron chi connectivity index (χ0n) is 21.7. The average molecular weight is 554 g/mol. The number of methoxy groups -OCH3 is 1. The Labute approximate surface area is 230 Å². The van der Waals surface area contributed by atoms with E-state index in [9.17, 15) is 14.4 Å². The van der Waals surface area contributed by atoms with Crippen LogP contribution in [0.2, 0.25) is 0 Å². The molecule has 2 heterocycles. The Morgan fingerprint density at radius 2 is 1.97 bits per heavy atom. The lowest BCUT2D eigenvalue weighted by atomic mass is 10.0. The third-order valence-corrected chi connectivity index (χ3v) is 7.10. The van der Waals surface area contributed by atoms with Crippen molar-refractivity contribution in [1.82, 2.24) is 9.69 Å². The van der Waals surface area contributed by atoms with Gasteiger partial charge in [0.15, 0.2) is 5.69 Å². The largest absolute Gasteiger partial charge is 0.497 e. The maximum absolute atomic E-state index is 14.1. The molecule has 3 amide bonds. The van der Waals surface area contributed by atoms with E-state index in [-0.39, 0.29) is 22.4 Å². The van der Waals surface area contributed by atoms with Crippen molar-refractivity contribution < 1.29 is 28.6 Å². The third-order valence-electron chi connectivity index (χ3n) is 6.25. The van der Waals surface area contributed by atoms with Gasteiger partial charge < -0.3 is 31.0 Å². The summed E-state index contributed by atoms with van der Waals surface area (Å²) in [5.41, 5.74) is 12.1. The van der Waals surface area contributed by atoms with Gasteiger partial charge in [0.2, 0.25) is 5.91 Å². The predicted octanol–water partition coefficient (Wildman–Crippen LogP) is 2.91. The molecule has 11 nitrogen and oxygen atoms in total. The van der Waals surface area contributed by atoms with Crippen LogP contribution in [0.1, 0.15) is 51.5 Å². The van der Waals surface area contributed by atoms with Crippen molar-refractivity contribution in [2.75, 3.05) is 37.5 Å². The minimum absolute atomic E-state index is 0.0190. The lowest BCUT2D eigenvalue weighted by Gasteiger charge is -2.32. The van der Waals surface area contributed by atoms with Crippen LogP contribution >= 0.6 is 11.5 Å². The Kier molecular flexibility index (Phi) is 8.99. The number of nitrogens with zero attached hydrogens (tertiary/aromatic N) is 2. The molecule has 4 rings (SSSR count). The van der Waals surface area contributed by atoms with Gasteiger partial charge in [0, 0.05) is 24.9 Å². The van der Waals surface area contributed by atoms with Crippen LogP contribution in [-0.4, -0.2) is 55.1 Å². The van der Waals surface area contributed by atoms with Gasteiger partial charge in [0.1, 0.15) is 22.4 Å². The summed E-state index contributed by atoms with van der Waals surface area (Å²) in [6, 6.07) is 12.6. The fourth-order valence-corrected chi connectivity index (χ4v) is 5.07. The van der Waals surface area contributed by atoms with Crippen LogP contribution in [-0.2, 0) is 9.53 Å². The molecule has 1 aromatic heterocycles. The van der Waals surface area contributed by atoms with Crippen molar-refractivity contribution in [2.24, 2.45) is 5.73 Å². The topological polar surface area (TPSA) is 159 Å². The van der Waals surface area contributed by atoms with Crippen molar-refractivity contribution >= 4 is 40.6 Å². The van der Waals surface area contributed by atoms with Crippen LogP contribution in [0.3, 0.4) is 0 Å². The van der Waals surface area contributed by atoms with E-state index in [0.29, 0.717) is 42.5 Å². The van der Waals surface area contributed by atoms with E-state index < -0.39 is 23.8 Å². The van der Waals surface area contributed by atoms with Gasteiger partial charge in [-0.25, -0.2) is 0 Å². The second kappa shape index (κ2) is 12.6. The van der Waals surface area contributed by atoms with Crippen LogP contribution in [0.25, 0.3) is 0 Å². The first kappa shape index (κ1) is 27.9. The molecule has 3 aromatic rings. The molecule has 206 valence electrons. The highest BCUT2D eigenvalue weighted by Crippen LogP contribution is 2.35. The molecule has 1 aliphatic heterocycles. The summed E-state index contributed by atoms with van der Waals surface area (Å²) < 4.78 is 20.6. The van der Waals surface area contributed by atoms with Gasteiger partial charge in [-0.05, 0) is 61.1 Å². The first-order valence-corrected chi connectivity index (χ1v) is 13.3. The molecular weight excluding hydrogens is 522 g/mol. The molecule has 5 N–H and O–H groups in total. The number of primary amides is 1. The number of amides is 3. The van der Waals surface area contributed by atoms with E-state index in [2.05, 4.69) is 9.69 Å². The lowest BCUT2D eigenvalue weighted by Crippen LogP contribution is -2.45. The molecule has 0 spiro atoms. The number of hydrogen-bond donors (Lipinski definition) is 3. The van der Waals surface area contributed by atoms with Crippen molar-refractivity contribution in [2.45, 2.75) is 31.9 Å². The Morgan fingerprint density at radius 3 is 2.59 bits per heavy atom. The lowest BCUT2D eigenvalue weighted by molar-refractivity contribution is -0.123. The van der Waals surface area contributed by atoms with Gasteiger partial charge in [-0.3, -0.25) is 19.3 Å². The molecule has 1 fully saturated rings. The van der Waals surface area contributed by atoms with E-state index in [1.807, 2.05) is 6.92 Å². The Balaban J connectivity index is 1.82. The Morgan fingerprint density at radius 1 is 1.21 bits per heavy atom. The summed E-state index contributed by atoms with van der Waals surface area (Å²) in [6.45, 7) is 3.29. The summed E-state index contributed by atoms with van der Waals surface area (Å²) >= 11 is 0.743. The molecule has 0 bridgehead atoms. The van der Waals surface area contributed by atoms with Crippen molar-refractivity contribution in [1.29, 1.82) is 0 Å². The van der Waals surface area contributed by atoms with Gasteiger partial charge in [0.25, 0.3) is 11.8 Å². The van der Waals surface area contributed by atoms with Gasteiger partial charge in [0.05, 0.1) is 25.5 Å². The molecule has 2 aromatic carbocycles. The average Bonchev–Trinajstić information content (AvgIpc) is 3.60. The monoisotopic (exact) mass is 553 g/mol. The number of carbonyl (C=O) groups is 3. The zero-order chi connectivity index (χ0) is 27.9. The maximum Gasteiger partial charge on any atom is 0.273 e. The SMILES string of the molecule is CCOc1ccc([C@@H](C(=O)NC[C@@H]2CCCO2)N(C(=O)c2snc(C(N)=O)c2N)c2cccc(OC)c2)cc1. The molecular formula is C27H31N5O6S. The number of ether oxygens (including phenoxy) is 3. The standard InChI is InChI=1S/C27H31N5O6S/c1-3-37-18-11-9-16(10-12-18)23(26(34)30-15-20-8-5-13-38-20)32(17-6-4-7-19(14-17)36-2)27(35)24-21(28)22(25(29)33)31-39-24/h4,6-7,9-12,14,20,23H,3,5,8,13,15,28H2,1-2H3,(H2,29,33)(H,30,34)/t20-,23-/m0/s1. The third kappa shape index (κ3) is 6.29. The first-order valence-electron chi connectivity index (χ1n) is 12.5. The van der Waals surface area contributed by atoms with E-state index >= 15 is 0 Å². The fourth-order valence-electron chi connectivity index (χ4n) is 4.33. The summed E-state index contributed by atoms with van der Waals surface area (Å²) in [5.74, 6) is -0.809. The minimum Gasteiger partial charge on any atom is -0.497 e. The van der Waals surface area contributed by atoms with Crippen LogP contribution in [0, 0.1) is 0 Å². The number of carbonyl (C=O) groups excluding carboxylic acids is 3. The summed E-state index contributed by atoms with van der Waals surface area (Å²) in [5, 5.41) is 2.95. The van der Waals surface area contributed by atoms with Gasteiger partial charge >= 0.3 is 0 Å². The smallest absolute Gasteiger partial charge is 0.273 e. The molecule has 0 radical (unpaired) electrons. The van der Waals surface area contributed by atoms with E-state index in [0.717, 1.165) is 24.4 Å². The van der Waals surface area contributed by atoms with E-state index in [1.54, 1.807) is 48.5 Å². The minimum atomic E-state index is -1.12. The van der Waals surface area contributed by atoms with Gasteiger partial charge in [-0.15, -0.1) is 0 Å². The maximum atomic E-state index is 14.1. The molecule has 0 aliphatic carbocycles. The molecule has 0 unspecified atom stereocenters. The highest BCUT2D eigenvalue weighted by Gasteiger charge is 2.36. The molecule has 12 heteroatoms. The van der Waals surface area contributed by atoms with Crippen molar-refractivity contribution in [3.8, 4) is 11.5 Å². The molecule has 0 saturated carbocycles. The number of nitrogen functional groups attached to an aromatic ring is 1. The number of anilines is 2. The van der Waals surface area contributed by atoms with E-state index in [4.69, 9.17) is 25.7 Å². The Hall–Kier alpha value is -4.16. The van der Waals surface area contributed by atoms with Crippen molar-refractivity contribution in [3.63, 3.8) is 0 Å². The number of rotatable bonds is 11. The second-order valence-corrected chi connectivity index (χ2v) is 9.57. The summed E-state index contributed by atoms with van der Waals surface area (Å²) in [7, 11) is 1.50. The quantitative estimate of drug-likeness (QED) is 0.327. The Bertz CT molecular complexity index is 1320. The van der Waals surface area contributed by atoms with Crippen LogP contribution < -0.4 is 31.2 Å². The first-order chi connectivity index (χ1) is 18.8. The molecule has 1 saturated heterocycles. The number of nitrogens with one attached hydrogen (secondary N) is 1. The summed E-state index contributed by atoms with van der Waals surface area (Å²) in [6.07, 6.45) is 1.65. The molecule has 1 aliphatic rings. The van der Waals surface area contributed by atoms with E-state index in [1.165, 1.54) is 12.0 Å². The fraction of sp³-hybridized carbons (Fsp3) is 0.333. The predicted molar refractivity (Wildman–Crippen MR) is 147 cm³/mol. The highest BCUT2D eigenvalue weighted by atomic mass is 32.1. The van der Waals surface area contributed by atoms with Gasteiger partial charge in [-0.1, -0.05) is 18.2 Å². The number of aromatic nitrogens is 1. The van der Waals surface area contributed by atoms with Crippen molar-refractivity contribution in [3.05, 3.63) is 64.7 Å². The number of benzene rings is 2. The normalized spacial score (nSPS) is 15.4. The highest BCUT2D eigenvalue weighted by molar-refractivity contribution is 7.09. The number of nitrogens with two attached hydrogens (primary N) is 2. The molecule has 39 heavy (non-hydrogen) atoms.